The number of hydrogen-bond acceptors (Lipinski definition) is 2. The minimum absolute atomic E-state index is 0.0605. The maximum atomic E-state index is 14.4. The van der Waals surface area contributed by atoms with E-state index in [4.69, 9.17) is 0 Å². The van der Waals surface area contributed by atoms with Gasteiger partial charge >= 0.3 is 5.69 Å². The quantitative estimate of drug-likeness (QED) is 0.780. The minimum atomic E-state index is -2.93. The average Bonchev–Trinajstić information content (AvgIpc) is 2.78. The molecular formula is C13H15F2N3O. The number of aromatic amines is 2. The highest BCUT2D eigenvalue weighted by Crippen LogP contribution is 2.36. The molecule has 102 valence electrons. The molecular weight excluding hydrogens is 252 g/mol. The number of alkyl halides is 2. The van der Waals surface area contributed by atoms with Gasteiger partial charge in [-0.05, 0) is 31.5 Å². The summed E-state index contributed by atoms with van der Waals surface area (Å²) < 4.78 is 28.8. The molecule has 0 spiro atoms. The van der Waals surface area contributed by atoms with Crippen molar-refractivity contribution in [2.24, 2.45) is 0 Å². The summed E-state index contributed by atoms with van der Waals surface area (Å²) in [4.78, 5) is 16.2. The van der Waals surface area contributed by atoms with Gasteiger partial charge < -0.3 is 15.3 Å². The van der Waals surface area contributed by atoms with E-state index in [1.54, 1.807) is 0 Å². The van der Waals surface area contributed by atoms with Gasteiger partial charge in [0.25, 0.3) is 5.92 Å². The molecule has 0 bridgehead atoms. The Kier molecular flexibility index (Phi) is 2.89. The third-order valence-electron chi connectivity index (χ3n) is 3.65. The van der Waals surface area contributed by atoms with E-state index >= 15 is 0 Å². The monoisotopic (exact) mass is 267 g/mol. The molecule has 1 aromatic heterocycles. The first-order valence-corrected chi connectivity index (χ1v) is 6.41. The standard InChI is InChI=1S/C13H15F2N3O/c14-13(15,11-3-1-2-6-16-11)8-4-5-9-10(7-8)18-12(19)17-9/h4-5,7,11,16H,1-3,6H2,(H2,17,18,19). The fourth-order valence-corrected chi connectivity index (χ4v) is 2.60. The predicted octanol–water partition coefficient (Wildman–Crippen LogP) is 2.09. The number of H-pyrrole nitrogens is 2. The first-order chi connectivity index (χ1) is 9.07. The second-order valence-electron chi connectivity index (χ2n) is 4.96. The van der Waals surface area contributed by atoms with Crippen LogP contribution in [0.5, 0.6) is 0 Å². The lowest BCUT2D eigenvalue weighted by Crippen LogP contribution is -2.45. The lowest BCUT2D eigenvalue weighted by atomic mass is 9.94. The first kappa shape index (κ1) is 12.3. The van der Waals surface area contributed by atoms with Gasteiger partial charge in [0.1, 0.15) is 0 Å². The number of imidazole rings is 1. The molecule has 2 heterocycles. The summed E-state index contributed by atoms with van der Waals surface area (Å²) in [6.07, 6.45) is 2.22. The van der Waals surface area contributed by atoms with Gasteiger partial charge in [0, 0.05) is 5.56 Å². The van der Waals surface area contributed by atoms with Crippen molar-refractivity contribution in [3.8, 4) is 0 Å². The van der Waals surface area contributed by atoms with Gasteiger partial charge in [0.15, 0.2) is 0 Å². The fraction of sp³-hybridized carbons (Fsp3) is 0.462. The Bertz CT molecular complexity index is 641. The van der Waals surface area contributed by atoms with Gasteiger partial charge in [-0.3, -0.25) is 0 Å². The van der Waals surface area contributed by atoms with Crippen LogP contribution in [0, 0.1) is 0 Å². The molecule has 4 nitrogen and oxygen atoms in total. The lowest BCUT2D eigenvalue weighted by molar-refractivity contribution is -0.0511. The molecule has 19 heavy (non-hydrogen) atoms. The highest BCUT2D eigenvalue weighted by atomic mass is 19.3. The van der Waals surface area contributed by atoms with Crippen molar-refractivity contribution in [1.82, 2.24) is 15.3 Å². The second-order valence-corrected chi connectivity index (χ2v) is 4.96. The SMILES string of the molecule is O=c1[nH]c2ccc(C(F)(F)C3CCCCN3)cc2[nH]1. The van der Waals surface area contributed by atoms with Crippen molar-refractivity contribution in [3.05, 3.63) is 34.2 Å². The van der Waals surface area contributed by atoms with E-state index in [1.807, 2.05) is 0 Å². The number of aromatic nitrogens is 2. The maximum absolute atomic E-state index is 14.4. The summed E-state index contributed by atoms with van der Waals surface area (Å²) in [5.74, 6) is -2.93. The Morgan fingerprint density at radius 3 is 2.68 bits per heavy atom. The van der Waals surface area contributed by atoms with Gasteiger partial charge in [-0.15, -0.1) is 0 Å². The van der Waals surface area contributed by atoms with Crippen molar-refractivity contribution < 1.29 is 8.78 Å². The van der Waals surface area contributed by atoms with Gasteiger partial charge in [0.2, 0.25) is 0 Å². The zero-order valence-electron chi connectivity index (χ0n) is 10.3. The molecule has 1 saturated heterocycles. The summed E-state index contributed by atoms with van der Waals surface area (Å²) >= 11 is 0. The summed E-state index contributed by atoms with van der Waals surface area (Å²) in [5.41, 5.74) is 0.514. The molecule has 1 fully saturated rings. The van der Waals surface area contributed by atoms with Crippen molar-refractivity contribution in [1.29, 1.82) is 0 Å². The van der Waals surface area contributed by atoms with E-state index in [2.05, 4.69) is 15.3 Å². The van der Waals surface area contributed by atoms with E-state index in [0.717, 1.165) is 12.8 Å². The van der Waals surface area contributed by atoms with E-state index in [-0.39, 0.29) is 11.3 Å². The van der Waals surface area contributed by atoms with Crippen LogP contribution in [-0.2, 0) is 5.92 Å². The average molecular weight is 267 g/mol. The third-order valence-corrected chi connectivity index (χ3v) is 3.65. The minimum Gasteiger partial charge on any atom is -0.308 e. The largest absolute Gasteiger partial charge is 0.323 e. The molecule has 6 heteroatoms. The maximum Gasteiger partial charge on any atom is 0.323 e. The number of piperidine rings is 1. The van der Waals surface area contributed by atoms with Crippen LogP contribution in [0.25, 0.3) is 11.0 Å². The summed E-state index contributed by atoms with van der Waals surface area (Å²) in [5, 5.41) is 2.88. The molecule has 1 aliphatic rings. The molecule has 1 unspecified atom stereocenters. The van der Waals surface area contributed by atoms with E-state index in [1.165, 1.54) is 18.2 Å². The number of halogens is 2. The topological polar surface area (TPSA) is 60.7 Å². The Morgan fingerprint density at radius 2 is 1.95 bits per heavy atom. The van der Waals surface area contributed by atoms with Crippen LogP contribution in [0.3, 0.4) is 0 Å². The zero-order valence-corrected chi connectivity index (χ0v) is 10.3. The van der Waals surface area contributed by atoms with Crippen LogP contribution in [0.15, 0.2) is 23.0 Å². The second kappa shape index (κ2) is 4.45. The van der Waals surface area contributed by atoms with Crippen LogP contribution in [0.4, 0.5) is 8.78 Å². The summed E-state index contributed by atoms with van der Waals surface area (Å²) in [7, 11) is 0. The van der Waals surface area contributed by atoms with E-state index in [9.17, 15) is 13.6 Å². The van der Waals surface area contributed by atoms with Crippen LogP contribution in [-0.4, -0.2) is 22.6 Å². The first-order valence-electron chi connectivity index (χ1n) is 6.41. The third kappa shape index (κ3) is 2.16. The predicted molar refractivity (Wildman–Crippen MR) is 68.5 cm³/mol. The van der Waals surface area contributed by atoms with Crippen LogP contribution >= 0.6 is 0 Å². The van der Waals surface area contributed by atoms with Crippen molar-refractivity contribution in [3.63, 3.8) is 0 Å². The molecule has 0 amide bonds. The van der Waals surface area contributed by atoms with Gasteiger partial charge in [0.05, 0.1) is 17.1 Å². The summed E-state index contributed by atoms with van der Waals surface area (Å²) in [6.45, 7) is 0.628. The smallest absolute Gasteiger partial charge is 0.308 e. The normalized spacial score (nSPS) is 20.8. The van der Waals surface area contributed by atoms with Gasteiger partial charge in [-0.2, -0.15) is 8.78 Å². The number of benzene rings is 1. The molecule has 1 aromatic carbocycles. The number of rotatable bonds is 2. The summed E-state index contributed by atoms with van der Waals surface area (Å²) in [6, 6.07) is 3.41. The van der Waals surface area contributed by atoms with Crippen LogP contribution < -0.4 is 11.0 Å². The highest BCUT2D eigenvalue weighted by molar-refractivity contribution is 5.75. The Morgan fingerprint density at radius 1 is 1.16 bits per heavy atom. The lowest BCUT2D eigenvalue weighted by Gasteiger charge is -2.31. The van der Waals surface area contributed by atoms with E-state index < -0.39 is 12.0 Å². The van der Waals surface area contributed by atoms with E-state index in [0.29, 0.717) is 24.0 Å². The highest BCUT2D eigenvalue weighted by Gasteiger charge is 2.41. The van der Waals surface area contributed by atoms with Crippen molar-refractivity contribution in [2.75, 3.05) is 6.54 Å². The number of fused-ring (bicyclic) bond motifs is 1. The number of hydrogen-bond donors (Lipinski definition) is 3. The Hall–Kier alpha value is -1.69. The number of nitrogens with one attached hydrogen (secondary N) is 3. The molecule has 2 aromatic rings. The molecule has 3 rings (SSSR count). The molecule has 0 aliphatic carbocycles. The van der Waals surface area contributed by atoms with Crippen molar-refractivity contribution >= 4 is 11.0 Å². The zero-order chi connectivity index (χ0) is 13.5. The van der Waals surface area contributed by atoms with Crippen molar-refractivity contribution in [2.45, 2.75) is 31.2 Å². The van der Waals surface area contributed by atoms with Gasteiger partial charge in [-0.1, -0.05) is 12.5 Å². The molecule has 1 aliphatic heterocycles. The Labute approximate surface area is 108 Å². The van der Waals surface area contributed by atoms with Gasteiger partial charge in [-0.25, -0.2) is 4.79 Å². The molecule has 1 atom stereocenters. The van der Waals surface area contributed by atoms with Crippen LogP contribution in [0.2, 0.25) is 0 Å². The molecule has 3 N–H and O–H groups in total. The molecule has 0 saturated carbocycles. The molecule has 0 radical (unpaired) electrons. The fourth-order valence-electron chi connectivity index (χ4n) is 2.60. The van der Waals surface area contributed by atoms with Crippen LogP contribution in [0.1, 0.15) is 24.8 Å². The Balaban J connectivity index is 1.99.